The molecule has 2 N–H and O–H groups in total. The molecular formula is C24H28FN3O4. The third kappa shape index (κ3) is 7.30. The maximum Gasteiger partial charge on any atom is 0.407 e. The van der Waals surface area contributed by atoms with Gasteiger partial charge in [-0.15, -0.1) is 0 Å². The molecule has 0 radical (unpaired) electrons. The van der Waals surface area contributed by atoms with Crippen molar-refractivity contribution < 1.29 is 23.1 Å². The summed E-state index contributed by atoms with van der Waals surface area (Å²) in [6, 6.07) is 15.8. The smallest absolute Gasteiger partial charge is 0.407 e. The summed E-state index contributed by atoms with van der Waals surface area (Å²) in [5.41, 5.74) is 2.11. The zero-order valence-corrected chi connectivity index (χ0v) is 18.5. The molecule has 0 unspecified atom stereocenters. The first-order valence-electron chi connectivity index (χ1n) is 10.4. The van der Waals surface area contributed by atoms with Crippen LogP contribution in [0.5, 0.6) is 5.75 Å². The van der Waals surface area contributed by atoms with Gasteiger partial charge in [-0.25, -0.2) is 9.18 Å². The molecule has 1 amide bonds. The third-order valence-corrected chi connectivity index (χ3v) is 4.33. The maximum absolute atomic E-state index is 13.2. The standard InChI is InChI=1S/C24H28FN3O4/c1-24(2,3)32-23(29)27-15-18(14-25)16-30-19-9-10-20-21(13-19)31-22(28-20)26-12-11-17-7-5-4-6-8-17/h4-10,13-14H,11-12,15-16H2,1-3H3,(H,26,28)(H,27,29). The summed E-state index contributed by atoms with van der Waals surface area (Å²) in [5.74, 6) is 0.501. The van der Waals surface area contributed by atoms with Crippen molar-refractivity contribution in [3.8, 4) is 5.75 Å². The Hall–Kier alpha value is -3.55. The van der Waals surface area contributed by atoms with E-state index in [1.165, 1.54) is 5.56 Å². The number of carbonyl (C=O) groups is 1. The zero-order chi connectivity index (χ0) is 23.0. The molecule has 32 heavy (non-hydrogen) atoms. The van der Waals surface area contributed by atoms with Crippen LogP contribution in [-0.2, 0) is 11.2 Å². The van der Waals surface area contributed by atoms with E-state index in [-0.39, 0.29) is 18.7 Å². The predicted molar refractivity (Wildman–Crippen MR) is 122 cm³/mol. The number of anilines is 1. The van der Waals surface area contributed by atoms with Crippen LogP contribution in [-0.4, -0.2) is 36.4 Å². The number of alkyl carbamates (subject to hydrolysis) is 1. The number of ether oxygens (including phenoxy) is 2. The van der Waals surface area contributed by atoms with Gasteiger partial charge in [-0.05, 0) is 44.9 Å². The van der Waals surface area contributed by atoms with Crippen LogP contribution < -0.4 is 15.4 Å². The number of nitrogens with zero attached hydrogens (tertiary/aromatic N) is 1. The maximum atomic E-state index is 13.2. The van der Waals surface area contributed by atoms with Gasteiger partial charge in [-0.1, -0.05) is 30.3 Å². The van der Waals surface area contributed by atoms with Crippen molar-refractivity contribution in [2.24, 2.45) is 0 Å². The fourth-order valence-corrected chi connectivity index (χ4v) is 2.83. The van der Waals surface area contributed by atoms with Crippen LogP contribution in [0.4, 0.5) is 15.2 Å². The molecule has 8 heteroatoms. The Morgan fingerprint density at radius 3 is 2.69 bits per heavy atom. The number of nitrogens with one attached hydrogen (secondary N) is 2. The van der Waals surface area contributed by atoms with E-state index in [2.05, 4.69) is 27.8 Å². The molecule has 1 heterocycles. The van der Waals surface area contributed by atoms with Crippen molar-refractivity contribution in [3.63, 3.8) is 0 Å². The molecule has 2 aromatic carbocycles. The number of oxazole rings is 1. The molecule has 7 nitrogen and oxygen atoms in total. The van der Waals surface area contributed by atoms with Crippen molar-refractivity contribution >= 4 is 23.2 Å². The molecule has 0 bridgehead atoms. The molecule has 3 aromatic rings. The van der Waals surface area contributed by atoms with Crippen LogP contribution in [0.2, 0.25) is 0 Å². The van der Waals surface area contributed by atoms with Crippen molar-refractivity contribution in [2.45, 2.75) is 32.8 Å². The van der Waals surface area contributed by atoms with Gasteiger partial charge in [0.1, 0.15) is 23.5 Å². The average Bonchev–Trinajstić information content (AvgIpc) is 3.15. The molecule has 0 aliphatic carbocycles. The molecule has 170 valence electrons. The number of amides is 1. The van der Waals surface area contributed by atoms with Crippen LogP contribution in [0.1, 0.15) is 26.3 Å². The van der Waals surface area contributed by atoms with Gasteiger partial charge in [0, 0.05) is 24.7 Å². The quantitative estimate of drug-likeness (QED) is 0.472. The molecule has 0 atom stereocenters. The second-order valence-electron chi connectivity index (χ2n) is 8.22. The highest BCUT2D eigenvalue weighted by Crippen LogP contribution is 2.24. The van der Waals surface area contributed by atoms with Crippen molar-refractivity contribution in [2.75, 3.05) is 25.0 Å². The number of benzene rings is 2. The Bertz CT molecular complexity index is 1060. The van der Waals surface area contributed by atoms with E-state index in [9.17, 15) is 9.18 Å². The Morgan fingerprint density at radius 2 is 1.97 bits per heavy atom. The van der Waals surface area contributed by atoms with Gasteiger partial charge < -0.3 is 24.5 Å². The second kappa shape index (κ2) is 10.7. The highest BCUT2D eigenvalue weighted by molar-refractivity contribution is 5.76. The van der Waals surface area contributed by atoms with Crippen LogP contribution >= 0.6 is 0 Å². The Morgan fingerprint density at radius 1 is 1.19 bits per heavy atom. The monoisotopic (exact) mass is 441 g/mol. The molecule has 0 aliphatic heterocycles. The minimum atomic E-state index is -0.623. The fourth-order valence-electron chi connectivity index (χ4n) is 2.83. The topological polar surface area (TPSA) is 85.6 Å². The minimum Gasteiger partial charge on any atom is -0.489 e. The summed E-state index contributed by atoms with van der Waals surface area (Å²) in [5, 5.41) is 5.68. The van der Waals surface area contributed by atoms with Gasteiger partial charge in [0.25, 0.3) is 6.01 Å². The van der Waals surface area contributed by atoms with Crippen LogP contribution in [0.15, 0.2) is 64.9 Å². The number of carbonyl (C=O) groups excluding carboxylic acids is 1. The van der Waals surface area contributed by atoms with Crippen molar-refractivity contribution in [3.05, 3.63) is 66.0 Å². The summed E-state index contributed by atoms with van der Waals surface area (Å²) in [6.07, 6.45) is 0.648. The number of halogens is 1. The third-order valence-electron chi connectivity index (χ3n) is 4.33. The first-order valence-corrected chi connectivity index (χ1v) is 10.4. The van der Waals surface area contributed by atoms with Gasteiger partial charge >= 0.3 is 6.09 Å². The highest BCUT2D eigenvalue weighted by Gasteiger charge is 2.16. The van der Waals surface area contributed by atoms with Crippen LogP contribution in [0, 0.1) is 0 Å². The predicted octanol–water partition coefficient (Wildman–Crippen LogP) is 5.24. The van der Waals surface area contributed by atoms with E-state index in [1.54, 1.807) is 39.0 Å². The first-order chi connectivity index (χ1) is 15.3. The van der Waals surface area contributed by atoms with Gasteiger partial charge in [0.05, 0.1) is 6.33 Å². The van der Waals surface area contributed by atoms with E-state index < -0.39 is 11.7 Å². The lowest BCUT2D eigenvalue weighted by molar-refractivity contribution is 0.0531. The van der Waals surface area contributed by atoms with Crippen LogP contribution in [0.25, 0.3) is 11.1 Å². The highest BCUT2D eigenvalue weighted by atomic mass is 19.1. The number of fused-ring (bicyclic) bond motifs is 1. The lowest BCUT2D eigenvalue weighted by Crippen LogP contribution is -2.34. The van der Waals surface area contributed by atoms with E-state index in [0.29, 0.717) is 35.7 Å². The fraction of sp³-hybridized carbons (Fsp3) is 0.333. The second-order valence-corrected chi connectivity index (χ2v) is 8.22. The molecular weight excluding hydrogens is 413 g/mol. The van der Waals surface area contributed by atoms with E-state index in [4.69, 9.17) is 13.9 Å². The lowest BCUT2D eigenvalue weighted by atomic mass is 10.1. The normalized spacial score (nSPS) is 11.9. The number of aromatic nitrogens is 1. The summed E-state index contributed by atoms with van der Waals surface area (Å²) in [7, 11) is 0. The molecule has 0 spiro atoms. The molecule has 0 saturated heterocycles. The summed E-state index contributed by atoms with van der Waals surface area (Å²) in [4.78, 5) is 16.1. The molecule has 1 aromatic heterocycles. The SMILES string of the molecule is CC(C)(C)OC(=O)NCC(=CF)COc1ccc2nc(NCCc3ccccc3)oc2c1. The largest absolute Gasteiger partial charge is 0.489 e. The minimum absolute atomic E-state index is 0.0224. The summed E-state index contributed by atoms with van der Waals surface area (Å²) >= 11 is 0. The van der Waals surface area contributed by atoms with Crippen molar-refractivity contribution in [1.29, 1.82) is 0 Å². The number of rotatable bonds is 9. The van der Waals surface area contributed by atoms with E-state index in [1.807, 2.05) is 18.2 Å². The summed E-state index contributed by atoms with van der Waals surface area (Å²) in [6.45, 7) is 5.90. The summed E-state index contributed by atoms with van der Waals surface area (Å²) < 4.78 is 29.7. The Balaban J connectivity index is 1.50. The van der Waals surface area contributed by atoms with Gasteiger partial charge in [-0.3, -0.25) is 0 Å². The zero-order valence-electron chi connectivity index (χ0n) is 18.5. The number of hydrogen-bond donors (Lipinski definition) is 2. The average molecular weight is 442 g/mol. The van der Waals surface area contributed by atoms with Crippen molar-refractivity contribution in [1.82, 2.24) is 10.3 Å². The van der Waals surface area contributed by atoms with E-state index in [0.717, 1.165) is 6.42 Å². The molecule has 0 saturated carbocycles. The van der Waals surface area contributed by atoms with Gasteiger partial charge in [-0.2, -0.15) is 4.98 Å². The van der Waals surface area contributed by atoms with E-state index >= 15 is 0 Å². The molecule has 3 rings (SSSR count). The van der Waals surface area contributed by atoms with Gasteiger partial charge in [0.2, 0.25) is 0 Å². The Labute approximate surface area is 186 Å². The molecule has 0 aliphatic rings. The van der Waals surface area contributed by atoms with Gasteiger partial charge in [0.15, 0.2) is 5.58 Å². The lowest BCUT2D eigenvalue weighted by Gasteiger charge is -2.20. The number of hydrogen-bond acceptors (Lipinski definition) is 6. The molecule has 0 fully saturated rings. The van der Waals surface area contributed by atoms with Crippen LogP contribution in [0.3, 0.4) is 0 Å². The first kappa shape index (κ1) is 23.1. The Kier molecular flexibility index (Phi) is 7.70.